The van der Waals surface area contributed by atoms with Crippen molar-refractivity contribution in [2.45, 2.75) is 12.6 Å². The van der Waals surface area contributed by atoms with E-state index in [1.54, 1.807) is 30.1 Å². The fourth-order valence-corrected chi connectivity index (χ4v) is 2.45. The van der Waals surface area contributed by atoms with Gasteiger partial charge in [-0.05, 0) is 12.6 Å². The van der Waals surface area contributed by atoms with Gasteiger partial charge in [-0.3, -0.25) is 19.8 Å². The third-order valence-corrected chi connectivity index (χ3v) is 3.43. The predicted octanol–water partition coefficient (Wildman–Crippen LogP) is 2.25. The lowest BCUT2D eigenvalue weighted by atomic mass is 10.0. The Bertz CT molecular complexity index is 673. The Morgan fingerprint density at radius 2 is 1.77 bits per heavy atom. The summed E-state index contributed by atoms with van der Waals surface area (Å²) in [5.74, 6) is -0.493. The fraction of sp³-hybridized carbons (Fsp3) is 0.188. The van der Waals surface area contributed by atoms with Crippen LogP contribution in [0.5, 0.6) is 0 Å². The van der Waals surface area contributed by atoms with E-state index in [0.29, 0.717) is 5.56 Å². The van der Waals surface area contributed by atoms with Gasteiger partial charge in [0, 0.05) is 18.2 Å². The largest absolute Gasteiger partial charge is 0.368 e. The van der Waals surface area contributed by atoms with E-state index in [0.717, 1.165) is 5.56 Å². The van der Waals surface area contributed by atoms with Crippen LogP contribution in [0.2, 0.25) is 0 Å². The van der Waals surface area contributed by atoms with Crippen LogP contribution in [0.1, 0.15) is 17.2 Å². The summed E-state index contributed by atoms with van der Waals surface area (Å²) >= 11 is 0. The maximum atomic E-state index is 11.8. The Labute approximate surface area is 128 Å². The van der Waals surface area contributed by atoms with Crippen LogP contribution in [0.4, 0.5) is 5.69 Å². The Kier molecular flexibility index (Phi) is 4.85. The summed E-state index contributed by atoms with van der Waals surface area (Å²) in [5, 5.41) is 11.1. The van der Waals surface area contributed by atoms with Crippen LogP contribution in [-0.2, 0) is 11.3 Å². The van der Waals surface area contributed by atoms with Crippen molar-refractivity contribution in [2.24, 2.45) is 5.73 Å². The summed E-state index contributed by atoms with van der Waals surface area (Å²) < 4.78 is 0. The number of nitrogens with two attached hydrogens (primary N) is 1. The van der Waals surface area contributed by atoms with E-state index in [2.05, 4.69) is 0 Å². The number of rotatable bonds is 6. The summed E-state index contributed by atoms with van der Waals surface area (Å²) in [7, 11) is 1.72. The number of hydrogen-bond donors (Lipinski definition) is 1. The molecule has 0 bridgehead atoms. The van der Waals surface area contributed by atoms with Crippen LogP contribution in [-0.4, -0.2) is 22.8 Å². The Balaban J connectivity index is 2.28. The smallest absolute Gasteiger partial charge is 0.273 e. The molecule has 1 amide bonds. The standard InChI is InChI=1S/C16H17N3O3/c1-18(11-13-9-5-6-10-14(13)19(21)22)15(16(17)20)12-7-3-2-4-8-12/h2-10,15H,11H2,1H3,(H2,17,20)/t15-/m0/s1. The Morgan fingerprint density at radius 3 is 2.36 bits per heavy atom. The van der Waals surface area contributed by atoms with Gasteiger partial charge >= 0.3 is 0 Å². The molecular formula is C16H17N3O3. The summed E-state index contributed by atoms with van der Waals surface area (Å²) in [5.41, 5.74) is 6.84. The van der Waals surface area contributed by atoms with Crippen molar-refractivity contribution in [3.63, 3.8) is 0 Å². The van der Waals surface area contributed by atoms with Crippen molar-refractivity contribution in [2.75, 3.05) is 7.05 Å². The molecule has 6 heteroatoms. The van der Waals surface area contributed by atoms with E-state index < -0.39 is 16.9 Å². The number of carbonyl (C=O) groups excluding carboxylic acids is 1. The van der Waals surface area contributed by atoms with Crippen molar-refractivity contribution in [3.05, 3.63) is 75.8 Å². The molecule has 0 unspecified atom stereocenters. The zero-order chi connectivity index (χ0) is 16.1. The van der Waals surface area contributed by atoms with E-state index in [4.69, 9.17) is 5.73 Å². The van der Waals surface area contributed by atoms with Crippen LogP contribution >= 0.6 is 0 Å². The van der Waals surface area contributed by atoms with Crippen LogP contribution in [0.3, 0.4) is 0 Å². The van der Waals surface area contributed by atoms with Crippen molar-refractivity contribution < 1.29 is 9.72 Å². The second-order valence-electron chi connectivity index (χ2n) is 5.02. The minimum atomic E-state index is -0.638. The van der Waals surface area contributed by atoms with Gasteiger partial charge in [-0.2, -0.15) is 0 Å². The molecule has 2 N–H and O–H groups in total. The number of primary amides is 1. The molecule has 0 fully saturated rings. The van der Waals surface area contributed by atoms with Gasteiger partial charge in [-0.15, -0.1) is 0 Å². The monoisotopic (exact) mass is 299 g/mol. The van der Waals surface area contributed by atoms with Gasteiger partial charge in [-0.1, -0.05) is 48.5 Å². The molecule has 22 heavy (non-hydrogen) atoms. The second kappa shape index (κ2) is 6.82. The fourth-order valence-electron chi connectivity index (χ4n) is 2.45. The van der Waals surface area contributed by atoms with Crippen LogP contribution in [0, 0.1) is 10.1 Å². The van der Waals surface area contributed by atoms with Gasteiger partial charge in [0.15, 0.2) is 0 Å². The molecule has 0 aromatic heterocycles. The van der Waals surface area contributed by atoms with Crippen LogP contribution in [0.25, 0.3) is 0 Å². The van der Waals surface area contributed by atoms with Crippen molar-refractivity contribution in [1.29, 1.82) is 0 Å². The van der Waals surface area contributed by atoms with Gasteiger partial charge in [0.05, 0.1) is 4.92 Å². The first-order chi connectivity index (χ1) is 10.5. The first-order valence-electron chi connectivity index (χ1n) is 6.77. The molecule has 2 aromatic carbocycles. The number of nitro groups is 1. The predicted molar refractivity (Wildman–Crippen MR) is 82.9 cm³/mol. The number of nitrogens with zero attached hydrogens (tertiary/aromatic N) is 2. The molecule has 6 nitrogen and oxygen atoms in total. The molecule has 0 aliphatic carbocycles. The highest BCUT2D eigenvalue weighted by molar-refractivity contribution is 5.81. The Morgan fingerprint density at radius 1 is 1.18 bits per heavy atom. The minimum Gasteiger partial charge on any atom is -0.368 e. The average molecular weight is 299 g/mol. The minimum absolute atomic E-state index is 0.0330. The third kappa shape index (κ3) is 3.48. The second-order valence-corrected chi connectivity index (χ2v) is 5.02. The molecule has 0 aliphatic heterocycles. The van der Waals surface area contributed by atoms with E-state index in [1.165, 1.54) is 6.07 Å². The van der Waals surface area contributed by atoms with Gasteiger partial charge in [0.25, 0.3) is 5.69 Å². The highest BCUT2D eigenvalue weighted by Crippen LogP contribution is 2.24. The zero-order valence-corrected chi connectivity index (χ0v) is 12.2. The lowest BCUT2D eigenvalue weighted by Gasteiger charge is -2.25. The number of nitro benzene ring substituents is 1. The summed E-state index contributed by atoms with van der Waals surface area (Å²) in [4.78, 5) is 24.2. The van der Waals surface area contributed by atoms with Gasteiger partial charge < -0.3 is 5.73 Å². The van der Waals surface area contributed by atoms with Gasteiger partial charge in [0.2, 0.25) is 5.91 Å². The van der Waals surface area contributed by atoms with Crippen molar-refractivity contribution in [1.82, 2.24) is 4.90 Å². The number of para-hydroxylation sites is 1. The first-order valence-corrected chi connectivity index (χ1v) is 6.77. The molecule has 0 radical (unpaired) electrons. The quantitative estimate of drug-likeness (QED) is 0.654. The highest BCUT2D eigenvalue weighted by Gasteiger charge is 2.24. The number of likely N-dealkylation sites (N-methyl/N-ethyl adjacent to an activating group) is 1. The van der Waals surface area contributed by atoms with Crippen molar-refractivity contribution >= 4 is 11.6 Å². The third-order valence-electron chi connectivity index (χ3n) is 3.43. The van der Waals surface area contributed by atoms with Gasteiger partial charge in [0.1, 0.15) is 6.04 Å². The van der Waals surface area contributed by atoms with Crippen LogP contribution in [0.15, 0.2) is 54.6 Å². The number of benzene rings is 2. The molecule has 0 aliphatic rings. The molecule has 0 spiro atoms. The molecule has 1 atom stereocenters. The Hall–Kier alpha value is -2.73. The zero-order valence-electron chi connectivity index (χ0n) is 12.2. The van der Waals surface area contributed by atoms with E-state index in [-0.39, 0.29) is 12.2 Å². The average Bonchev–Trinajstić information content (AvgIpc) is 2.48. The molecule has 0 saturated heterocycles. The molecule has 114 valence electrons. The molecule has 2 aromatic rings. The lowest BCUT2D eigenvalue weighted by molar-refractivity contribution is -0.385. The molecule has 2 rings (SSSR count). The molecule has 0 heterocycles. The van der Waals surface area contributed by atoms with Crippen molar-refractivity contribution in [3.8, 4) is 0 Å². The number of carbonyl (C=O) groups is 1. The maximum Gasteiger partial charge on any atom is 0.273 e. The summed E-state index contributed by atoms with van der Waals surface area (Å²) in [6, 6.07) is 15.0. The number of amides is 1. The van der Waals surface area contributed by atoms with E-state index in [9.17, 15) is 14.9 Å². The van der Waals surface area contributed by atoms with Gasteiger partial charge in [-0.25, -0.2) is 0 Å². The first kappa shape index (κ1) is 15.7. The normalized spacial score (nSPS) is 12.1. The summed E-state index contributed by atoms with van der Waals surface area (Å²) in [6.07, 6.45) is 0. The SMILES string of the molecule is CN(Cc1ccccc1[N+](=O)[O-])[C@H](C(N)=O)c1ccccc1. The number of hydrogen-bond acceptors (Lipinski definition) is 4. The lowest BCUT2D eigenvalue weighted by Crippen LogP contribution is -2.35. The van der Waals surface area contributed by atoms with E-state index in [1.807, 2.05) is 30.3 Å². The van der Waals surface area contributed by atoms with Crippen LogP contribution < -0.4 is 5.73 Å². The highest BCUT2D eigenvalue weighted by atomic mass is 16.6. The topological polar surface area (TPSA) is 89.5 Å². The van der Waals surface area contributed by atoms with E-state index >= 15 is 0 Å². The molecule has 0 saturated carbocycles. The molecular weight excluding hydrogens is 282 g/mol. The maximum absolute atomic E-state index is 11.8. The summed E-state index contributed by atoms with van der Waals surface area (Å²) in [6.45, 7) is 0.250.